The molecule has 0 aliphatic rings. The van der Waals surface area contributed by atoms with Gasteiger partial charge < -0.3 is 5.32 Å². The molecule has 0 aliphatic carbocycles. The van der Waals surface area contributed by atoms with E-state index in [0.717, 1.165) is 18.6 Å². The highest BCUT2D eigenvalue weighted by Gasteiger charge is 2.05. The highest BCUT2D eigenvalue weighted by molar-refractivity contribution is 7.99. The van der Waals surface area contributed by atoms with Crippen molar-refractivity contribution in [3.05, 3.63) is 65.2 Å². The molecule has 0 aromatic heterocycles. The number of aryl methyl sites for hydroxylation is 1. The number of thioether (sulfide) groups is 1. The predicted molar refractivity (Wildman–Crippen MR) is 92.2 cm³/mol. The molecule has 0 spiro atoms. The summed E-state index contributed by atoms with van der Waals surface area (Å²) in [6.45, 7) is 0. The lowest BCUT2D eigenvalue weighted by Gasteiger charge is -2.06. The van der Waals surface area contributed by atoms with Crippen LogP contribution in [0.25, 0.3) is 0 Å². The average Bonchev–Trinajstić information content (AvgIpc) is 2.50. The molecular formula is C17H18ClNOS. The molecule has 0 unspecified atom stereocenters. The van der Waals surface area contributed by atoms with Crippen molar-refractivity contribution in [3.63, 3.8) is 0 Å². The van der Waals surface area contributed by atoms with Crippen LogP contribution in [0.3, 0.4) is 0 Å². The molecule has 0 aliphatic heterocycles. The summed E-state index contributed by atoms with van der Waals surface area (Å²) in [5, 5.41) is 3.40. The van der Waals surface area contributed by atoms with Gasteiger partial charge in [0.15, 0.2) is 0 Å². The van der Waals surface area contributed by atoms with E-state index in [4.69, 9.17) is 11.6 Å². The maximum Gasteiger partial charge on any atom is 0.234 e. The second kappa shape index (κ2) is 8.75. The Kier molecular flexibility index (Phi) is 6.64. The van der Waals surface area contributed by atoms with Gasteiger partial charge in [0.25, 0.3) is 0 Å². The molecule has 2 nitrogen and oxygen atoms in total. The molecule has 0 atom stereocenters. The van der Waals surface area contributed by atoms with Crippen molar-refractivity contribution in [1.29, 1.82) is 0 Å². The van der Waals surface area contributed by atoms with E-state index < -0.39 is 0 Å². The number of para-hydroxylation sites is 1. The van der Waals surface area contributed by atoms with Gasteiger partial charge in [-0.15, -0.1) is 0 Å². The maximum atomic E-state index is 11.8. The standard InChI is InChI=1S/C17H18ClNOS/c18-15-10-4-5-11-16(15)19-17(20)13-21-12-6-9-14-7-2-1-3-8-14/h1-5,7-8,10-11H,6,9,12-13H2,(H,19,20). The van der Waals surface area contributed by atoms with Gasteiger partial charge in [0.1, 0.15) is 0 Å². The fourth-order valence-corrected chi connectivity index (χ4v) is 2.87. The van der Waals surface area contributed by atoms with Crippen molar-refractivity contribution in [1.82, 2.24) is 0 Å². The number of anilines is 1. The summed E-state index contributed by atoms with van der Waals surface area (Å²) < 4.78 is 0. The number of hydrogen-bond acceptors (Lipinski definition) is 2. The third kappa shape index (κ3) is 5.82. The number of hydrogen-bond donors (Lipinski definition) is 1. The van der Waals surface area contributed by atoms with Crippen LogP contribution in [0.1, 0.15) is 12.0 Å². The number of nitrogens with one attached hydrogen (secondary N) is 1. The van der Waals surface area contributed by atoms with E-state index in [1.165, 1.54) is 5.56 Å². The molecule has 0 bridgehead atoms. The molecule has 21 heavy (non-hydrogen) atoms. The van der Waals surface area contributed by atoms with Gasteiger partial charge in [-0.3, -0.25) is 4.79 Å². The van der Waals surface area contributed by atoms with Gasteiger partial charge in [-0.25, -0.2) is 0 Å². The summed E-state index contributed by atoms with van der Waals surface area (Å²) in [6.07, 6.45) is 2.13. The lowest BCUT2D eigenvalue weighted by Crippen LogP contribution is -2.14. The van der Waals surface area contributed by atoms with E-state index >= 15 is 0 Å². The highest BCUT2D eigenvalue weighted by Crippen LogP contribution is 2.20. The summed E-state index contributed by atoms with van der Waals surface area (Å²) >= 11 is 7.65. The SMILES string of the molecule is O=C(CSCCCc1ccccc1)Nc1ccccc1Cl. The molecule has 4 heteroatoms. The monoisotopic (exact) mass is 319 g/mol. The van der Waals surface area contributed by atoms with Crippen LogP contribution in [-0.4, -0.2) is 17.4 Å². The van der Waals surface area contributed by atoms with Gasteiger partial charge >= 0.3 is 0 Å². The molecule has 0 fully saturated rings. The van der Waals surface area contributed by atoms with Crippen LogP contribution in [0.15, 0.2) is 54.6 Å². The zero-order valence-corrected chi connectivity index (χ0v) is 13.3. The minimum absolute atomic E-state index is 0.00666. The molecule has 2 aromatic carbocycles. The van der Waals surface area contributed by atoms with Crippen molar-refractivity contribution < 1.29 is 4.79 Å². The zero-order valence-electron chi connectivity index (χ0n) is 11.7. The van der Waals surface area contributed by atoms with Crippen LogP contribution in [0.5, 0.6) is 0 Å². The van der Waals surface area contributed by atoms with E-state index in [-0.39, 0.29) is 5.91 Å². The van der Waals surface area contributed by atoms with E-state index in [1.807, 2.05) is 18.2 Å². The smallest absolute Gasteiger partial charge is 0.234 e. The first kappa shape index (κ1) is 15.9. The molecular weight excluding hydrogens is 302 g/mol. The van der Waals surface area contributed by atoms with Crippen molar-refractivity contribution in [3.8, 4) is 0 Å². The number of amides is 1. The van der Waals surface area contributed by atoms with E-state index in [0.29, 0.717) is 16.5 Å². The molecule has 0 radical (unpaired) electrons. The van der Waals surface area contributed by atoms with Crippen LogP contribution in [0, 0.1) is 0 Å². The Morgan fingerprint density at radius 2 is 1.76 bits per heavy atom. The number of benzene rings is 2. The van der Waals surface area contributed by atoms with Gasteiger partial charge in [-0.2, -0.15) is 11.8 Å². The first-order chi connectivity index (χ1) is 10.3. The summed E-state index contributed by atoms with van der Waals surface area (Å²) in [7, 11) is 0. The predicted octanol–water partition coefficient (Wildman–Crippen LogP) is 4.64. The molecule has 1 N–H and O–H groups in total. The Morgan fingerprint density at radius 1 is 1.05 bits per heavy atom. The molecule has 0 saturated heterocycles. The summed E-state index contributed by atoms with van der Waals surface area (Å²) in [4.78, 5) is 11.8. The van der Waals surface area contributed by atoms with Crippen LogP contribution in [0.2, 0.25) is 5.02 Å². The van der Waals surface area contributed by atoms with Gasteiger partial charge in [0.05, 0.1) is 16.5 Å². The largest absolute Gasteiger partial charge is 0.324 e. The van der Waals surface area contributed by atoms with Crippen molar-refractivity contribution in [2.24, 2.45) is 0 Å². The fraction of sp³-hybridized carbons (Fsp3) is 0.235. The zero-order chi connectivity index (χ0) is 14.9. The Hall–Kier alpha value is -1.45. The Labute approximate surface area is 134 Å². The summed E-state index contributed by atoms with van der Waals surface area (Å²) in [5.74, 6) is 1.43. The van der Waals surface area contributed by atoms with E-state index in [9.17, 15) is 4.79 Å². The second-order valence-electron chi connectivity index (χ2n) is 4.67. The van der Waals surface area contributed by atoms with Gasteiger partial charge in [0.2, 0.25) is 5.91 Å². The maximum absolute atomic E-state index is 11.8. The van der Waals surface area contributed by atoms with Crippen molar-refractivity contribution in [2.75, 3.05) is 16.8 Å². The molecule has 0 heterocycles. The molecule has 2 aromatic rings. The van der Waals surface area contributed by atoms with Crippen LogP contribution in [0.4, 0.5) is 5.69 Å². The fourth-order valence-electron chi connectivity index (χ4n) is 1.94. The second-order valence-corrected chi connectivity index (χ2v) is 6.18. The van der Waals surface area contributed by atoms with Crippen LogP contribution < -0.4 is 5.32 Å². The first-order valence-electron chi connectivity index (χ1n) is 6.92. The molecule has 0 saturated carbocycles. The lowest BCUT2D eigenvalue weighted by atomic mass is 10.1. The number of rotatable bonds is 7. The van der Waals surface area contributed by atoms with Gasteiger partial charge in [-0.1, -0.05) is 54.1 Å². The molecule has 110 valence electrons. The molecule has 2 rings (SSSR count). The normalized spacial score (nSPS) is 10.3. The quantitative estimate of drug-likeness (QED) is 0.753. The third-order valence-corrected chi connectivity index (χ3v) is 4.35. The average molecular weight is 320 g/mol. The number of halogens is 1. The number of carbonyl (C=O) groups excluding carboxylic acids is 1. The van der Waals surface area contributed by atoms with Crippen molar-refractivity contribution in [2.45, 2.75) is 12.8 Å². The Bertz CT molecular complexity index is 574. The minimum atomic E-state index is -0.00666. The minimum Gasteiger partial charge on any atom is -0.324 e. The van der Waals surface area contributed by atoms with E-state index in [1.54, 1.807) is 23.9 Å². The van der Waals surface area contributed by atoms with Crippen LogP contribution in [-0.2, 0) is 11.2 Å². The Morgan fingerprint density at radius 3 is 2.52 bits per heavy atom. The van der Waals surface area contributed by atoms with Gasteiger partial charge in [-0.05, 0) is 36.3 Å². The number of carbonyl (C=O) groups is 1. The Balaban J connectivity index is 1.63. The first-order valence-corrected chi connectivity index (χ1v) is 8.45. The topological polar surface area (TPSA) is 29.1 Å². The highest BCUT2D eigenvalue weighted by atomic mass is 35.5. The van der Waals surface area contributed by atoms with Crippen LogP contribution >= 0.6 is 23.4 Å². The van der Waals surface area contributed by atoms with Gasteiger partial charge in [0, 0.05) is 0 Å². The summed E-state index contributed by atoms with van der Waals surface area (Å²) in [6, 6.07) is 17.7. The summed E-state index contributed by atoms with van der Waals surface area (Å²) in [5.41, 5.74) is 2.02. The molecule has 1 amide bonds. The lowest BCUT2D eigenvalue weighted by molar-refractivity contribution is -0.113. The third-order valence-electron chi connectivity index (χ3n) is 2.98. The van der Waals surface area contributed by atoms with E-state index in [2.05, 4.69) is 29.6 Å². The van der Waals surface area contributed by atoms with Crippen molar-refractivity contribution >= 4 is 35.0 Å².